The van der Waals surface area contributed by atoms with E-state index in [2.05, 4.69) is 0 Å². The lowest BCUT2D eigenvalue weighted by Gasteiger charge is -2.15. The van der Waals surface area contributed by atoms with Crippen molar-refractivity contribution < 1.29 is 32.0 Å². The molecule has 0 aromatic heterocycles. The summed E-state index contributed by atoms with van der Waals surface area (Å²) >= 11 is -9.74. The molecule has 0 amide bonds. The molecule has 0 bridgehead atoms. The summed E-state index contributed by atoms with van der Waals surface area (Å²) in [6.07, 6.45) is 1.03. The second-order valence-corrected chi connectivity index (χ2v) is 13.0. The van der Waals surface area contributed by atoms with Crippen LogP contribution in [0.5, 0.6) is 0 Å². The van der Waals surface area contributed by atoms with E-state index in [1.165, 1.54) is 0 Å². The average molecular weight is 682 g/mol. The summed E-state index contributed by atoms with van der Waals surface area (Å²) in [5.41, 5.74) is 0. The van der Waals surface area contributed by atoms with E-state index in [1.54, 1.807) is 0 Å². The van der Waals surface area contributed by atoms with Crippen LogP contribution in [0.25, 0.3) is 0 Å². The smallest absolute Gasteiger partial charge is 0.312 e. The number of rotatable bonds is 15. The molecule has 0 aliphatic heterocycles. The highest BCUT2D eigenvalue weighted by Gasteiger charge is 2.13. The van der Waals surface area contributed by atoms with Gasteiger partial charge in [-0.2, -0.15) is 0 Å². The Bertz CT molecular complexity index is 405. The SMILES string of the molecule is O=I(=O)CCCOP(OCCCI(=O)=O)OCCCI(=O)=O. The van der Waals surface area contributed by atoms with E-state index in [-0.39, 0.29) is 33.1 Å². The Labute approximate surface area is 151 Å². The first-order chi connectivity index (χ1) is 10.4. The third-order valence-corrected chi connectivity index (χ3v) is 8.00. The molecule has 0 rings (SSSR count). The van der Waals surface area contributed by atoms with Gasteiger partial charge in [0.15, 0.2) is 0 Å². The molecule has 0 saturated heterocycles. The zero-order chi connectivity index (χ0) is 16.8. The third-order valence-electron chi connectivity index (χ3n) is 1.89. The molecule has 0 aliphatic rings. The standard InChI is InChI=1S/C9H18I3O9P/c13-10(14)4-1-7-19-22(20-8-2-5-11(15)16)21-9-3-6-12(17)18/h1-9H2. The van der Waals surface area contributed by atoms with E-state index in [0.717, 1.165) is 0 Å². The van der Waals surface area contributed by atoms with E-state index in [4.69, 9.17) is 13.6 Å². The van der Waals surface area contributed by atoms with Crippen LogP contribution in [-0.4, -0.2) is 33.1 Å². The third kappa shape index (κ3) is 17.7. The van der Waals surface area contributed by atoms with E-state index in [9.17, 15) is 18.4 Å². The van der Waals surface area contributed by atoms with Crippen LogP contribution in [0, 0.1) is 0 Å². The molecule has 0 fully saturated rings. The number of hydrogen-bond donors (Lipinski definition) is 0. The molecule has 134 valence electrons. The van der Waals surface area contributed by atoms with Crippen LogP contribution in [-0.2, 0) is 32.0 Å². The highest BCUT2D eigenvalue weighted by atomic mass is 127. The van der Waals surface area contributed by atoms with Crippen molar-refractivity contribution in [1.82, 2.24) is 0 Å². The van der Waals surface area contributed by atoms with Gasteiger partial charge < -0.3 is 13.6 Å². The maximum absolute atomic E-state index is 10.5. The van der Waals surface area contributed by atoms with Crippen LogP contribution in [0.3, 0.4) is 0 Å². The van der Waals surface area contributed by atoms with Crippen molar-refractivity contribution in [2.24, 2.45) is 0 Å². The van der Waals surface area contributed by atoms with Gasteiger partial charge in [-0.05, 0) is 19.3 Å². The molecule has 0 aromatic carbocycles. The minimum atomic E-state index is -3.25. The van der Waals surface area contributed by atoms with Crippen molar-refractivity contribution in [3.8, 4) is 0 Å². The van der Waals surface area contributed by atoms with Gasteiger partial charge >= 0.3 is 68.0 Å². The van der Waals surface area contributed by atoms with Crippen LogP contribution < -0.4 is 0 Å². The number of alkyl halides is 3. The van der Waals surface area contributed by atoms with Gasteiger partial charge in [0.2, 0.25) is 0 Å². The lowest BCUT2D eigenvalue weighted by molar-refractivity contribution is 0.161. The molecule has 0 N–H and O–H groups in total. The van der Waals surface area contributed by atoms with Gasteiger partial charge in [-0.15, -0.1) is 0 Å². The van der Waals surface area contributed by atoms with Crippen molar-refractivity contribution in [3.05, 3.63) is 0 Å². The number of hydrogen-bond acceptors (Lipinski definition) is 9. The lowest BCUT2D eigenvalue weighted by atomic mass is 10.5. The molecular formula is C9H18I3O9P. The van der Waals surface area contributed by atoms with Crippen molar-refractivity contribution in [2.45, 2.75) is 19.3 Å². The summed E-state index contributed by atoms with van der Waals surface area (Å²) in [6.45, 7) is 0.480. The molecule has 9 nitrogen and oxygen atoms in total. The van der Waals surface area contributed by atoms with E-state index in [1.807, 2.05) is 0 Å². The van der Waals surface area contributed by atoms with Gasteiger partial charge in [-0.3, -0.25) is 0 Å². The molecular weight excluding hydrogens is 664 g/mol. The highest BCUT2D eigenvalue weighted by Crippen LogP contribution is 2.40. The zero-order valence-electron chi connectivity index (χ0n) is 11.6. The van der Waals surface area contributed by atoms with Crippen LogP contribution in [0.15, 0.2) is 0 Å². The van der Waals surface area contributed by atoms with Gasteiger partial charge in [-0.1, -0.05) is 0 Å². The summed E-state index contributed by atoms with van der Waals surface area (Å²) in [4.78, 5) is 0. The van der Waals surface area contributed by atoms with E-state index < -0.39 is 68.0 Å². The molecule has 0 saturated carbocycles. The summed E-state index contributed by atoms with van der Waals surface area (Å²) in [5, 5.41) is 0. The summed E-state index contributed by atoms with van der Waals surface area (Å²) < 4.78 is 79.1. The maximum atomic E-state index is 10.5. The predicted molar refractivity (Wildman–Crippen MR) is 99.4 cm³/mol. The second-order valence-electron chi connectivity index (χ2n) is 3.69. The van der Waals surface area contributed by atoms with Crippen LogP contribution >= 0.6 is 68.0 Å². The van der Waals surface area contributed by atoms with Crippen LogP contribution in [0.1, 0.15) is 19.3 Å². The molecule has 0 aliphatic carbocycles. The molecule has 0 aromatic rings. The van der Waals surface area contributed by atoms with Gasteiger partial charge in [0.05, 0.1) is 33.1 Å². The zero-order valence-corrected chi connectivity index (χ0v) is 19.0. The van der Waals surface area contributed by atoms with Gasteiger partial charge in [0.1, 0.15) is 0 Å². The van der Waals surface area contributed by atoms with Crippen LogP contribution in [0.4, 0.5) is 0 Å². The number of halogens is 3. The van der Waals surface area contributed by atoms with Gasteiger partial charge in [0.25, 0.3) is 0 Å². The molecule has 0 atom stereocenters. The molecule has 0 heterocycles. The minimum Gasteiger partial charge on any atom is -0.312 e. The van der Waals surface area contributed by atoms with E-state index >= 15 is 0 Å². The quantitative estimate of drug-likeness (QED) is 0.109. The largest absolute Gasteiger partial charge is 0.332 e. The van der Waals surface area contributed by atoms with Gasteiger partial charge in [0, 0.05) is 0 Å². The first-order valence-electron chi connectivity index (χ1n) is 6.14. The molecule has 13 heteroatoms. The maximum Gasteiger partial charge on any atom is 0.332 e. The van der Waals surface area contributed by atoms with E-state index in [0.29, 0.717) is 19.3 Å². The Hall–Kier alpha value is 1.30. The van der Waals surface area contributed by atoms with Gasteiger partial charge in [-0.25, -0.2) is 18.4 Å². The Balaban J connectivity index is 4.00. The van der Waals surface area contributed by atoms with Crippen molar-refractivity contribution >= 4 is 68.0 Å². The Kier molecular flexibility index (Phi) is 16.7. The minimum absolute atomic E-state index is 0.0911. The second kappa shape index (κ2) is 15.8. The van der Waals surface area contributed by atoms with Crippen molar-refractivity contribution in [3.63, 3.8) is 0 Å². The van der Waals surface area contributed by atoms with Crippen LogP contribution in [0.2, 0.25) is 0 Å². The Morgan fingerprint density at radius 2 is 0.818 bits per heavy atom. The predicted octanol–water partition coefficient (Wildman–Crippen LogP) is 4.03. The molecule has 0 unspecified atom stereocenters. The first-order valence-corrected chi connectivity index (χ1v) is 17.1. The fraction of sp³-hybridized carbons (Fsp3) is 1.00. The Morgan fingerprint density at radius 1 is 0.545 bits per heavy atom. The summed E-state index contributed by atoms with van der Waals surface area (Å²) in [6, 6.07) is 0. The average Bonchev–Trinajstić information content (AvgIpc) is 2.42. The van der Waals surface area contributed by atoms with Crippen molar-refractivity contribution in [1.29, 1.82) is 0 Å². The normalized spacial score (nSPS) is 12.0. The molecule has 22 heavy (non-hydrogen) atoms. The first kappa shape index (κ1) is 23.3. The van der Waals surface area contributed by atoms with Crippen molar-refractivity contribution in [2.75, 3.05) is 33.1 Å². The fourth-order valence-electron chi connectivity index (χ4n) is 1.02. The topological polar surface area (TPSA) is 130 Å². The lowest BCUT2D eigenvalue weighted by Crippen LogP contribution is -2.01. The molecule has 0 radical (unpaired) electrons. The summed E-state index contributed by atoms with van der Waals surface area (Å²) in [7, 11) is -1.71. The monoisotopic (exact) mass is 682 g/mol. The Morgan fingerprint density at radius 3 is 1.05 bits per heavy atom. The highest BCUT2D eigenvalue weighted by molar-refractivity contribution is 14.2. The summed E-state index contributed by atoms with van der Waals surface area (Å²) in [5.74, 6) is 0. The fourth-order valence-corrected chi connectivity index (χ4v) is 4.88. The molecule has 0 spiro atoms.